The summed E-state index contributed by atoms with van der Waals surface area (Å²) in [7, 11) is 0. The fraction of sp³-hybridized carbons (Fsp3) is 0.500. The zero-order valence-corrected chi connectivity index (χ0v) is 9.55. The normalized spacial score (nSPS) is 18.1. The summed E-state index contributed by atoms with van der Waals surface area (Å²) in [6, 6.07) is 2.60. The first-order valence-corrected chi connectivity index (χ1v) is 5.72. The second-order valence-electron chi connectivity index (χ2n) is 3.52. The van der Waals surface area contributed by atoms with Crippen molar-refractivity contribution in [1.29, 1.82) is 0 Å². The van der Waals surface area contributed by atoms with Gasteiger partial charge >= 0.3 is 0 Å². The topological polar surface area (TPSA) is 37.0 Å². The van der Waals surface area contributed by atoms with Gasteiger partial charge in [-0.15, -0.1) is 0 Å². The summed E-state index contributed by atoms with van der Waals surface area (Å²) in [6.07, 6.45) is 6.01. The Bertz CT molecular complexity index is 297. The number of rotatable bonds is 2. The molecule has 3 nitrogen and oxygen atoms in total. The Balaban J connectivity index is 1.99. The lowest BCUT2D eigenvalue weighted by atomic mass is 10.1. The molecule has 1 fully saturated rings. The van der Waals surface area contributed by atoms with Crippen molar-refractivity contribution < 1.29 is 0 Å². The van der Waals surface area contributed by atoms with Crippen LogP contribution in [-0.2, 0) is 0 Å². The number of nitrogens with zero attached hydrogens (tertiary/aromatic N) is 1. The molecule has 0 aliphatic carbocycles. The Morgan fingerprint density at radius 3 is 2.93 bits per heavy atom. The molecule has 2 N–H and O–H groups in total. The van der Waals surface area contributed by atoms with Gasteiger partial charge in [-0.1, -0.05) is 0 Å². The van der Waals surface area contributed by atoms with Gasteiger partial charge in [0.25, 0.3) is 0 Å². The number of nitrogens with one attached hydrogen (secondary N) is 2. The van der Waals surface area contributed by atoms with Crippen molar-refractivity contribution in [3.05, 3.63) is 22.9 Å². The molecule has 1 saturated heterocycles. The molecule has 0 atom stereocenters. The highest BCUT2D eigenvalue weighted by Gasteiger charge is 2.13. The zero-order chi connectivity index (χ0) is 9.80. The first-order chi connectivity index (χ1) is 6.86. The zero-order valence-electron chi connectivity index (χ0n) is 7.96. The van der Waals surface area contributed by atoms with Crippen molar-refractivity contribution in [3.8, 4) is 0 Å². The Kier molecular flexibility index (Phi) is 3.37. The summed E-state index contributed by atoms with van der Waals surface area (Å²) in [4.78, 5) is 4.04. The van der Waals surface area contributed by atoms with Crippen LogP contribution in [0.2, 0.25) is 0 Å². The van der Waals surface area contributed by atoms with Crippen LogP contribution in [0.4, 0.5) is 5.69 Å². The first-order valence-electron chi connectivity index (χ1n) is 4.93. The van der Waals surface area contributed by atoms with Gasteiger partial charge in [-0.25, -0.2) is 0 Å². The molecular weight excluding hydrogens is 242 g/mol. The Morgan fingerprint density at radius 1 is 1.43 bits per heavy atom. The van der Waals surface area contributed by atoms with Crippen LogP contribution in [0.5, 0.6) is 0 Å². The van der Waals surface area contributed by atoms with Crippen molar-refractivity contribution >= 4 is 21.6 Å². The second-order valence-corrected chi connectivity index (χ2v) is 4.38. The van der Waals surface area contributed by atoms with E-state index < -0.39 is 0 Å². The molecule has 1 aliphatic rings. The van der Waals surface area contributed by atoms with E-state index >= 15 is 0 Å². The molecule has 0 aromatic carbocycles. The van der Waals surface area contributed by atoms with E-state index in [1.807, 2.05) is 18.5 Å². The van der Waals surface area contributed by atoms with Crippen molar-refractivity contribution in [2.45, 2.75) is 18.9 Å². The molecule has 2 rings (SSSR count). The van der Waals surface area contributed by atoms with Crippen LogP contribution >= 0.6 is 15.9 Å². The number of hydrogen-bond acceptors (Lipinski definition) is 3. The summed E-state index contributed by atoms with van der Waals surface area (Å²) >= 11 is 3.48. The summed E-state index contributed by atoms with van der Waals surface area (Å²) in [5.41, 5.74) is 1.15. The monoisotopic (exact) mass is 255 g/mol. The van der Waals surface area contributed by atoms with Crippen LogP contribution in [0.15, 0.2) is 22.9 Å². The van der Waals surface area contributed by atoms with E-state index in [1.54, 1.807) is 0 Å². The fourth-order valence-corrected chi connectivity index (χ4v) is 2.04. The van der Waals surface area contributed by atoms with Crippen molar-refractivity contribution in [3.63, 3.8) is 0 Å². The van der Waals surface area contributed by atoms with Crippen LogP contribution in [-0.4, -0.2) is 24.1 Å². The summed E-state index contributed by atoms with van der Waals surface area (Å²) < 4.78 is 1.04. The Labute approximate surface area is 92.4 Å². The van der Waals surface area contributed by atoms with E-state index in [4.69, 9.17) is 0 Å². The molecule has 0 amide bonds. The molecule has 4 heteroatoms. The highest BCUT2D eigenvalue weighted by molar-refractivity contribution is 9.10. The minimum Gasteiger partial charge on any atom is -0.381 e. The fourth-order valence-electron chi connectivity index (χ4n) is 1.68. The number of piperidine rings is 1. The van der Waals surface area contributed by atoms with Gasteiger partial charge in [0.05, 0.1) is 10.2 Å². The molecule has 1 aromatic heterocycles. The third kappa shape index (κ3) is 2.45. The van der Waals surface area contributed by atoms with Gasteiger partial charge in [-0.05, 0) is 47.9 Å². The van der Waals surface area contributed by atoms with Crippen molar-refractivity contribution in [1.82, 2.24) is 10.3 Å². The smallest absolute Gasteiger partial charge is 0.0590 e. The summed E-state index contributed by atoms with van der Waals surface area (Å²) in [5.74, 6) is 0. The third-order valence-electron chi connectivity index (χ3n) is 2.47. The number of anilines is 1. The molecule has 0 radical (unpaired) electrons. The van der Waals surface area contributed by atoms with E-state index in [2.05, 4.69) is 31.5 Å². The number of hydrogen-bond donors (Lipinski definition) is 2. The molecule has 0 spiro atoms. The lowest BCUT2D eigenvalue weighted by molar-refractivity contribution is 0.479. The molecule has 0 unspecified atom stereocenters. The van der Waals surface area contributed by atoms with E-state index in [9.17, 15) is 0 Å². The molecular formula is C10H14BrN3. The van der Waals surface area contributed by atoms with E-state index in [-0.39, 0.29) is 0 Å². The van der Waals surface area contributed by atoms with E-state index in [1.165, 1.54) is 12.8 Å². The van der Waals surface area contributed by atoms with Crippen LogP contribution in [0.1, 0.15) is 12.8 Å². The minimum absolute atomic E-state index is 0.593. The summed E-state index contributed by atoms with van der Waals surface area (Å²) in [6.45, 7) is 2.22. The standard InChI is InChI=1S/C10H14BrN3/c11-9-7-13-6-3-10(9)14-8-1-4-12-5-2-8/h3,6-8,12H,1-2,4-5H2,(H,13,14). The van der Waals surface area contributed by atoms with Gasteiger partial charge in [0.15, 0.2) is 0 Å². The quantitative estimate of drug-likeness (QED) is 0.849. The molecule has 1 aromatic rings. The molecule has 2 heterocycles. The third-order valence-corrected chi connectivity index (χ3v) is 3.10. The average Bonchev–Trinajstić information content (AvgIpc) is 2.23. The Morgan fingerprint density at radius 2 is 2.21 bits per heavy atom. The van der Waals surface area contributed by atoms with Gasteiger partial charge < -0.3 is 10.6 Å². The van der Waals surface area contributed by atoms with Crippen LogP contribution in [0, 0.1) is 0 Å². The maximum Gasteiger partial charge on any atom is 0.0590 e. The molecule has 0 bridgehead atoms. The number of aromatic nitrogens is 1. The molecule has 14 heavy (non-hydrogen) atoms. The van der Waals surface area contributed by atoms with Gasteiger partial charge in [-0.2, -0.15) is 0 Å². The largest absolute Gasteiger partial charge is 0.381 e. The Hall–Kier alpha value is -0.610. The van der Waals surface area contributed by atoms with E-state index in [0.717, 1.165) is 23.2 Å². The first kappa shape index (κ1) is 9.93. The second kappa shape index (κ2) is 4.75. The molecule has 76 valence electrons. The average molecular weight is 256 g/mol. The van der Waals surface area contributed by atoms with Gasteiger partial charge in [-0.3, -0.25) is 4.98 Å². The van der Waals surface area contributed by atoms with Gasteiger partial charge in [0.2, 0.25) is 0 Å². The molecule has 1 aliphatic heterocycles. The maximum atomic E-state index is 4.04. The van der Waals surface area contributed by atoms with Gasteiger partial charge in [0, 0.05) is 18.4 Å². The molecule has 0 saturated carbocycles. The lowest BCUT2D eigenvalue weighted by Crippen LogP contribution is -2.35. The van der Waals surface area contributed by atoms with Crippen molar-refractivity contribution in [2.75, 3.05) is 18.4 Å². The van der Waals surface area contributed by atoms with E-state index in [0.29, 0.717) is 6.04 Å². The van der Waals surface area contributed by atoms with Crippen LogP contribution in [0.25, 0.3) is 0 Å². The highest BCUT2D eigenvalue weighted by Crippen LogP contribution is 2.22. The van der Waals surface area contributed by atoms with Crippen LogP contribution in [0.3, 0.4) is 0 Å². The SMILES string of the molecule is Brc1cnccc1NC1CCNCC1. The summed E-state index contributed by atoms with van der Waals surface area (Å²) in [5, 5.41) is 6.87. The minimum atomic E-state index is 0.593. The predicted molar refractivity (Wildman–Crippen MR) is 61.5 cm³/mol. The van der Waals surface area contributed by atoms with Crippen molar-refractivity contribution in [2.24, 2.45) is 0 Å². The highest BCUT2D eigenvalue weighted by atomic mass is 79.9. The number of pyridine rings is 1. The maximum absolute atomic E-state index is 4.04. The lowest BCUT2D eigenvalue weighted by Gasteiger charge is -2.25. The number of halogens is 1. The predicted octanol–water partition coefficient (Wildman–Crippen LogP) is 2.01. The van der Waals surface area contributed by atoms with Gasteiger partial charge in [0.1, 0.15) is 0 Å². The van der Waals surface area contributed by atoms with Crippen LogP contribution < -0.4 is 10.6 Å².